The molecule has 1 aromatic rings. The first-order chi connectivity index (χ1) is 7.27. The molecule has 0 aliphatic carbocycles. The van der Waals surface area contributed by atoms with E-state index in [-0.39, 0.29) is 11.9 Å². The fourth-order valence-corrected chi connectivity index (χ4v) is 1.89. The number of esters is 1. The summed E-state index contributed by atoms with van der Waals surface area (Å²) in [5.41, 5.74) is 1.84. The fourth-order valence-electron chi connectivity index (χ4n) is 1.89. The molecule has 0 radical (unpaired) electrons. The topological polar surface area (TPSA) is 47.6 Å². The van der Waals surface area contributed by atoms with E-state index in [4.69, 9.17) is 9.47 Å². The normalized spacial score (nSPS) is 17.9. The molecule has 1 atom stereocenters. The number of nitrogens with one attached hydrogen (secondary N) is 1. The molecule has 1 N–H and O–H groups in total. The van der Waals surface area contributed by atoms with Gasteiger partial charge in [-0.15, -0.1) is 0 Å². The molecule has 0 fully saturated rings. The lowest BCUT2D eigenvalue weighted by molar-refractivity contribution is -0.141. The first-order valence-electron chi connectivity index (χ1n) is 4.76. The summed E-state index contributed by atoms with van der Waals surface area (Å²) in [5.74, 6) is 0.236. The molecule has 80 valence electrons. The molecule has 0 saturated carbocycles. The van der Waals surface area contributed by atoms with Gasteiger partial charge in [-0.05, 0) is 12.1 Å². The van der Waals surface area contributed by atoms with Crippen LogP contribution in [0.3, 0.4) is 0 Å². The molecule has 4 nitrogen and oxygen atoms in total. The minimum atomic E-state index is -0.263. The number of anilines is 1. The molecule has 15 heavy (non-hydrogen) atoms. The maximum absolute atomic E-state index is 11.5. The van der Waals surface area contributed by atoms with Gasteiger partial charge in [0.05, 0.1) is 14.2 Å². The van der Waals surface area contributed by atoms with Crippen LogP contribution in [0.15, 0.2) is 18.2 Å². The standard InChI is InChI=1S/C11H13NO3/c1-14-9-5-3-4-8-10(9)7(6-12-8)11(13)15-2/h3-5,7,12H,6H2,1-2H3. The van der Waals surface area contributed by atoms with Crippen LogP contribution in [0.5, 0.6) is 5.75 Å². The summed E-state index contributed by atoms with van der Waals surface area (Å²) >= 11 is 0. The van der Waals surface area contributed by atoms with Crippen molar-refractivity contribution in [2.24, 2.45) is 0 Å². The highest BCUT2D eigenvalue weighted by atomic mass is 16.5. The summed E-state index contributed by atoms with van der Waals surface area (Å²) in [5, 5.41) is 3.16. The van der Waals surface area contributed by atoms with Crippen molar-refractivity contribution in [3.05, 3.63) is 23.8 Å². The van der Waals surface area contributed by atoms with E-state index >= 15 is 0 Å². The number of carbonyl (C=O) groups is 1. The SMILES string of the molecule is COC(=O)C1CNc2cccc(OC)c21. The second-order valence-electron chi connectivity index (χ2n) is 3.38. The highest BCUT2D eigenvalue weighted by Gasteiger charge is 2.32. The third-order valence-electron chi connectivity index (χ3n) is 2.62. The minimum absolute atomic E-state index is 0.231. The van der Waals surface area contributed by atoms with Crippen LogP contribution < -0.4 is 10.1 Å². The number of benzene rings is 1. The highest BCUT2D eigenvalue weighted by molar-refractivity contribution is 5.85. The first-order valence-corrected chi connectivity index (χ1v) is 4.76. The van der Waals surface area contributed by atoms with Gasteiger partial charge in [0.25, 0.3) is 0 Å². The zero-order valence-electron chi connectivity index (χ0n) is 8.74. The molecule has 0 saturated heterocycles. The number of carbonyl (C=O) groups excluding carboxylic acids is 1. The van der Waals surface area contributed by atoms with Crippen molar-refractivity contribution in [3.63, 3.8) is 0 Å². The molecule has 1 unspecified atom stereocenters. The maximum Gasteiger partial charge on any atom is 0.315 e. The van der Waals surface area contributed by atoms with E-state index in [0.717, 1.165) is 17.0 Å². The molecule has 1 aliphatic rings. The van der Waals surface area contributed by atoms with Gasteiger partial charge in [0.15, 0.2) is 0 Å². The Labute approximate surface area is 88.2 Å². The van der Waals surface area contributed by atoms with Gasteiger partial charge in [-0.25, -0.2) is 0 Å². The molecule has 2 rings (SSSR count). The molecule has 1 aliphatic heterocycles. The molecular weight excluding hydrogens is 194 g/mol. The van der Waals surface area contributed by atoms with E-state index in [1.165, 1.54) is 7.11 Å². The van der Waals surface area contributed by atoms with Gasteiger partial charge in [-0.2, -0.15) is 0 Å². The number of hydrogen-bond donors (Lipinski definition) is 1. The Kier molecular flexibility index (Phi) is 2.49. The number of methoxy groups -OCH3 is 2. The van der Waals surface area contributed by atoms with Gasteiger partial charge in [-0.3, -0.25) is 4.79 Å². The molecule has 0 aromatic heterocycles. The predicted molar refractivity (Wildman–Crippen MR) is 56.2 cm³/mol. The smallest absolute Gasteiger partial charge is 0.315 e. The quantitative estimate of drug-likeness (QED) is 0.744. The summed E-state index contributed by atoms with van der Waals surface area (Å²) in [6, 6.07) is 5.67. The van der Waals surface area contributed by atoms with Crippen molar-refractivity contribution >= 4 is 11.7 Å². The average Bonchev–Trinajstić information content (AvgIpc) is 2.71. The van der Waals surface area contributed by atoms with E-state index in [1.54, 1.807) is 7.11 Å². The van der Waals surface area contributed by atoms with Crippen molar-refractivity contribution in [2.45, 2.75) is 5.92 Å². The van der Waals surface area contributed by atoms with Gasteiger partial charge in [0.1, 0.15) is 11.7 Å². The lowest BCUT2D eigenvalue weighted by Crippen LogP contribution is -2.16. The van der Waals surface area contributed by atoms with Crippen LogP contribution >= 0.6 is 0 Å². The van der Waals surface area contributed by atoms with Crippen LogP contribution in [0.2, 0.25) is 0 Å². The summed E-state index contributed by atoms with van der Waals surface area (Å²) < 4.78 is 9.99. The van der Waals surface area contributed by atoms with E-state index in [9.17, 15) is 4.79 Å². The van der Waals surface area contributed by atoms with Crippen LogP contribution in [0.25, 0.3) is 0 Å². The Balaban J connectivity index is 2.43. The second-order valence-corrected chi connectivity index (χ2v) is 3.38. The Morgan fingerprint density at radius 3 is 2.93 bits per heavy atom. The third kappa shape index (κ3) is 1.52. The van der Waals surface area contributed by atoms with Crippen LogP contribution in [0.1, 0.15) is 11.5 Å². The number of ether oxygens (including phenoxy) is 2. The van der Waals surface area contributed by atoms with Crippen LogP contribution in [-0.4, -0.2) is 26.7 Å². The maximum atomic E-state index is 11.5. The molecular formula is C11H13NO3. The molecule has 0 bridgehead atoms. The average molecular weight is 207 g/mol. The number of rotatable bonds is 2. The van der Waals surface area contributed by atoms with Crippen molar-refractivity contribution < 1.29 is 14.3 Å². The van der Waals surface area contributed by atoms with Crippen LogP contribution in [0, 0.1) is 0 Å². The zero-order valence-corrected chi connectivity index (χ0v) is 8.74. The van der Waals surface area contributed by atoms with Crippen molar-refractivity contribution in [1.29, 1.82) is 0 Å². The van der Waals surface area contributed by atoms with Crippen molar-refractivity contribution in [3.8, 4) is 5.75 Å². The van der Waals surface area contributed by atoms with Crippen LogP contribution in [-0.2, 0) is 9.53 Å². The first kappa shape index (κ1) is 9.83. The van der Waals surface area contributed by atoms with E-state index < -0.39 is 0 Å². The Morgan fingerprint density at radius 2 is 2.27 bits per heavy atom. The minimum Gasteiger partial charge on any atom is -0.496 e. The molecule has 1 aromatic carbocycles. The molecule has 4 heteroatoms. The van der Waals surface area contributed by atoms with E-state index in [0.29, 0.717) is 6.54 Å². The summed E-state index contributed by atoms with van der Waals surface area (Å²) in [4.78, 5) is 11.5. The van der Waals surface area contributed by atoms with E-state index in [2.05, 4.69) is 5.32 Å². The monoisotopic (exact) mass is 207 g/mol. The Hall–Kier alpha value is -1.71. The van der Waals surface area contributed by atoms with E-state index in [1.807, 2.05) is 18.2 Å². The van der Waals surface area contributed by atoms with Gasteiger partial charge < -0.3 is 14.8 Å². The van der Waals surface area contributed by atoms with Crippen LogP contribution in [0.4, 0.5) is 5.69 Å². The zero-order chi connectivity index (χ0) is 10.8. The summed E-state index contributed by atoms with van der Waals surface area (Å²) in [7, 11) is 3.00. The van der Waals surface area contributed by atoms with Gasteiger partial charge in [-0.1, -0.05) is 6.07 Å². The Morgan fingerprint density at radius 1 is 1.47 bits per heavy atom. The molecule has 1 heterocycles. The number of hydrogen-bond acceptors (Lipinski definition) is 4. The molecule has 0 amide bonds. The van der Waals surface area contributed by atoms with Crippen molar-refractivity contribution in [2.75, 3.05) is 26.1 Å². The summed E-state index contributed by atoms with van der Waals surface area (Å²) in [6.45, 7) is 0.572. The lowest BCUT2D eigenvalue weighted by atomic mass is 10.0. The van der Waals surface area contributed by atoms with Gasteiger partial charge in [0.2, 0.25) is 0 Å². The molecule has 0 spiro atoms. The lowest BCUT2D eigenvalue weighted by Gasteiger charge is -2.11. The highest BCUT2D eigenvalue weighted by Crippen LogP contribution is 2.38. The Bertz CT molecular complexity index is 389. The van der Waals surface area contributed by atoms with Crippen molar-refractivity contribution in [1.82, 2.24) is 0 Å². The second kappa shape index (κ2) is 3.81. The summed E-state index contributed by atoms with van der Waals surface area (Å²) in [6.07, 6.45) is 0. The third-order valence-corrected chi connectivity index (χ3v) is 2.62. The number of fused-ring (bicyclic) bond motifs is 1. The largest absolute Gasteiger partial charge is 0.496 e. The van der Waals surface area contributed by atoms with Gasteiger partial charge in [0, 0.05) is 17.8 Å². The predicted octanol–water partition coefficient (Wildman–Crippen LogP) is 1.38. The fraction of sp³-hybridized carbons (Fsp3) is 0.364. The van der Waals surface area contributed by atoms with Gasteiger partial charge >= 0.3 is 5.97 Å².